The summed E-state index contributed by atoms with van der Waals surface area (Å²) in [5, 5.41) is 3.34. The lowest BCUT2D eigenvalue weighted by atomic mass is 10.0. The first-order valence-corrected chi connectivity index (χ1v) is 9.30. The summed E-state index contributed by atoms with van der Waals surface area (Å²) in [5.41, 5.74) is 1.15. The third-order valence-electron chi connectivity index (χ3n) is 2.75. The molecule has 0 aromatic heterocycles. The van der Waals surface area contributed by atoms with Gasteiger partial charge in [0.2, 0.25) is 0 Å². The number of sulfone groups is 1. The van der Waals surface area contributed by atoms with Crippen molar-refractivity contribution in [2.75, 3.05) is 24.8 Å². The van der Waals surface area contributed by atoms with Crippen molar-refractivity contribution in [3.05, 3.63) is 29.8 Å². The second kappa shape index (κ2) is 7.16. The molecule has 0 aliphatic heterocycles. The first-order valence-electron chi connectivity index (χ1n) is 6.01. The second-order valence-corrected chi connectivity index (χ2v) is 7.44. The molecule has 5 heteroatoms. The van der Waals surface area contributed by atoms with Crippen molar-refractivity contribution >= 4 is 21.6 Å². The Hall–Kier alpha value is -0.520. The number of thioether (sulfide) groups is 1. The summed E-state index contributed by atoms with van der Waals surface area (Å²) in [4.78, 5) is 1.22. The molecule has 1 atom stereocenters. The molecule has 3 nitrogen and oxygen atoms in total. The Morgan fingerprint density at radius 2 is 1.89 bits per heavy atom. The zero-order valence-corrected chi connectivity index (χ0v) is 12.8. The summed E-state index contributed by atoms with van der Waals surface area (Å²) in [6, 6.07) is 8.40. The van der Waals surface area contributed by atoms with E-state index in [0.717, 1.165) is 12.1 Å². The quantitative estimate of drug-likeness (QED) is 0.783. The van der Waals surface area contributed by atoms with Gasteiger partial charge >= 0.3 is 0 Å². The van der Waals surface area contributed by atoms with E-state index in [4.69, 9.17) is 0 Å². The highest BCUT2D eigenvalue weighted by molar-refractivity contribution is 7.98. The van der Waals surface area contributed by atoms with E-state index >= 15 is 0 Å². The van der Waals surface area contributed by atoms with Crippen molar-refractivity contribution in [2.45, 2.75) is 24.3 Å². The van der Waals surface area contributed by atoms with E-state index in [-0.39, 0.29) is 11.8 Å². The van der Waals surface area contributed by atoms with Crippen LogP contribution < -0.4 is 5.32 Å². The van der Waals surface area contributed by atoms with E-state index in [1.807, 2.05) is 13.2 Å². The van der Waals surface area contributed by atoms with Gasteiger partial charge in [-0.15, -0.1) is 11.8 Å². The van der Waals surface area contributed by atoms with Crippen LogP contribution in [0.25, 0.3) is 0 Å². The standard InChI is InChI=1S/C13H21NO2S2/c1-4-14-13(9-10-18(3,15)16)11-5-7-12(17-2)8-6-11/h5-8,13-14H,4,9-10H2,1-3H3. The molecule has 0 radical (unpaired) electrons. The Morgan fingerprint density at radius 1 is 1.28 bits per heavy atom. The Morgan fingerprint density at radius 3 is 2.33 bits per heavy atom. The Kier molecular flexibility index (Phi) is 6.18. The molecule has 1 unspecified atom stereocenters. The molecule has 1 aromatic rings. The van der Waals surface area contributed by atoms with Crippen LogP contribution in [0.15, 0.2) is 29.2 Å². The molecule has 0 aliphatic rings. The number of hydrogen-bond acceptors (Lipinski definition) is 4. The Bertz CT molecular complexity index is 454. The van der Waals surface area contributed by atoms with E-state index < -0.39 is 9.84 Å². The molecule has 0 aliphatic carbocycles. The van der Waals surface area contributed by atoms with Crippen molar-refractivity contribution < 1.29 is 8.42 Å². The minimum atomic E-state index is -2.90. The lowest BCUT2D eigenvalue weighted by Crippen LogP contribution is -2.23. The van der Waals surface area contributed by atoms with Crippen molar-refractivity contribution in [3.63, 3.8) is 0 Å². The van der Waals surface area contributed by atoms with Crippen LogP contribution in [-0.2, 0) is 9.84 Å². The van der Waals surface area contributed by atoms with Gasteiger partial charge < -0.3 is 5.32 Å². The molecule has 0 heterocycles. The lowest BCUT2D eigenvalue weighted by Gasteiger charge is -2.18. The average Bonchev–Trinajstić information content (AvgIpc) is 2.33. The fourth-order valence-corrected chi connectivity index (χ4v) is 2.87. The summed E-state index contributed by atoms with van der Waals surface area (Å²) in [5.74, 6) is 0.217. The first kappa shape index (κ1) is 15.5. The maximum Gasteiger partial charge on any atom is 0.147 e. The van der Waals surface area contributed by atoms with Gasteiger partial charge in [-0.05, 0) is 36.9 Å². The highest BCUT2D eigenvalue weighted by Gasteiger charge is 2.13. The molecule has 102 valence electrons. The molecule has 1 N–H and O–H groups in total. The van der Waals surface area contributed by atoms with Gasteiger partial charge in [-0.1, -0.05) is 19.1 Å². The number of benzene rings is 1. The minimum absolute atomic E-state index is 0.112. The molecule has 1 aromatic carbocycles. The van der Waals surface area contributed by atoms with Crippen LogP contribution in [0.1, 0.15) is 24.9 Å². The van der Waals surface area contributed by atoms with Gasteiger partial charge in [-0.25, -0.2) is 8.42 Å². The topological polar surface area (TPSA) is 46.2 Å². The molecule has 0 amide bonds. The Balaban J connectivity index is 2.76. The lowest BCUT2D eigenvalue weighted by molar-refractivity contribution is 0.529. The summed E-state index contributed by atoms with van der Waals surface area (Å²) in [7, 11) is -2.90. The van der Waals surface area contributed by atoms with E-state index in [1.54, 1.807) is 11.8 Å². The third kappa shape index (κ3) is 5.42. The highest BCUT2D eigenvalue weighted by Crippen LogP contribution is 2.21. The third-order valence-corrected chi connectivity index (χ3v) is 4.47. The SMILES string of the molecule is CCNC(CCS(C)(=O)=O)c1ccc(SC)cc1. The predicted molar refractivity (Wildman–Crippen MR) is 79.0 cm³/mol. The van der Waals surface area contributed by atoms with Gasteiger partial charge in [0.25, 0.3) is 0 Å². The predicted octanol–water partition coefficient (Wildman–Crippen LogP) is 2.49. The Labute approximate surface area is 114 Å². The summed E-state index contributed by atoms with van der Waals surface area (Å²) in [6.45, 7) is 2.86. The van der Waals surface area contributed by atoms with Crippen molar-refractivity contribution in [2.24, 2.45) is 0 Å². The monoisotopic (exact) mass is 287 g/mol. The van der Waals surface area contributed by atoms with Crippen LogP contribution in [0.3, 0.4) is 0 Å². The van der Waals surface area contributed by atoms with Gasteiger partial charge in [0.15, 0.2) is 0 Å². The first-order chi connectivity index (χ1) is 8.46. The fourth-order valence-electron chi connectivity index (χ4n) is 1.80. The molecular weight excluding hydrogens is 266 g/mol. The molecular formula is C13H21NO2S2. The van der Waals surface area contributed by atoms with Gasteiger partial charge in [0.05, 0.1) is 5.75 Å². The number of hydrogen-bond donors (Lipinski definition) is 1. The minimum Gasteiger partial charge on any atom is -0.310 e. The van der Waals surface area contributed by atoms with Gasteiger partial charge in [0.1, 0.15) is 9.84 Å². The molecule has 0 fully saturated rings. The molecule has 0 bridgehead atoms. The van der Waals surface area contributed by atoms with Crippen LogP contribution in [0.4, 0.5) is 0 Å². The van der Waals surface area contributed by atoms with Crippen LogP contribution in [0.2, 0.25) is 0 Å². The van der Waals surface area contributed by atoms with E-state index in [2.05, 4.69) is 29.6 Å². The summed E-state index contributed by atoms with van der Waals surface area (Å²) in [6.07, 6.45) is 3.94. The van der Waals surface area contributed by atoms with Gasteiger partial charge in [-0.3, -0.25) is 0 Å². The van der Waals surface area contributed by atoms with Gasteiger partial charge in [-0.2, -0.15) is 0 Å². The van der Waals surface area contributed by atoms with Crippen LogP contribution in [0, 0.1) is 0 Å². The zero-order valence-electron chi connectivity index (χ0n) is 11.1. The van der Waals surface area contributed by atoms with Gasteiger partial charge in [0, 0.05) is 17.2 Å². The largest absolute Gasteiger partial charge is 0.310 e. The molecule has 1 rings (SSSR count). The summed E-state index contributed by atoms with van der Waals surface area (Å²) >= 11 is 1.70. The number of rotatable bonds is 7. The number of nitrogens with one attached hydrogen (secondary N) is 1. The van der Waals surface area contributed by atoms with Crippen LogP contribution in [-0.4, -0.2) is 33.2 Å². The van der Waals surface area contributed by atoms with Crippen molar-refractivity contribution in [3.8, 4) is 0 Å². The van der Waals surface area contributed by atoms with E-state index in [0.29, 0.717) is 6.42 Å². The van der Waals surface area contributed by atoms with E-state index in [9.17, 15) is 8.42 Å². The smallest absolute Gasteiger partial charge is 0.147 e. The maximum atomic E-state index is 11.2. The fraction of sp³-hybridized carbons (Fsp3) is 0.538. The normalized spacial score (nSPS) is 13.5. The summed E-state index contributed by atoms with van der Waals surface area (Å²) < 4.78 is 22.5. The molecule has 0 saturated heterocycles. The molecule has 18 heavy (non-hydrogen) atoms. The maximum absolute atomic E-state index is 11.2. The zero-order chi connectivity index (χ0) is 13.6. The second-order valence-electron chi connectivity index (χ2n) is 4.30. The average molecular weight is 287 g/mol. The van der Waals surface area contributed by atoms with Crippen LogP contribution >= 0.6 is 11.8 Å². The van der Waals surface area contributed by atoms with Crippen molar-refractivity contribution in [1.29, 1.82) is 0 Å². The van der Waals surface area contributed by atoms with E-state index in [1.165, 1.54) is 11.2 Å². The van der Waals surface area contributed by atoms with Crippen molar-refractivity contribution in [1.82, 2.24) is 5.32 Å². The van der Waals surface area contributed by atoms with Crippen LogP contribution in [0.5, 0.6) is 0 Å². The molecule has 0 spiro atoms. The highest BCUT2D eigenvalue weighted by atomic mass is 32.2. The molecule has 0 saturated carbocycles.